The summed E-state index contributed by atoms with van der Waals surface area (Å²) in [5, 5.41) is 0. The topological polar surface area (TPSA) is 0 Å². The molecule has 0 unspecified atom stereocenters. The molecule has 0 saturated heterocycles. The number of thiocarbonyl (C=S) groups is 1. The van der Waals surface area contributed by atoms with Crippen molar-refractivity contribution in [1.82, 2.24) is 0 Å². The van der Waals surface area contributed by atoms with Crippen molar-refractivity contribution in [2.45, 2.75) is 4.90 Å². The summed E-state index contributed by atoms with van der Waals surface area (Å²) < 4.78 is 0. The Morgan fingerprint density at radius 3 is 2.55 bits per heavy atom. The molecule has 0 amide bonds. The SMILES string of the molecule is [CH]C(=S)CSc1ccccc1. The van der Waals surface area contributed by atoms with Crippen LogP contribution in [0, 0.1) is 6.92 Å². The molecular formula is C9H8S2. The van der Waals surface area contributed by atoms with Gasteiger partial charge in [-0.3, -0.25) is 0 Å². The van der Waals surface area contributed by atoms with Crippen LogP contribution < -0.4 is 0 Å². The van der Waals surface area contributed by atoms with Crippen molar-refractivity contribution in [3.05, 3.63) is 37.3 Å². The Morgan fingerprint density at radius 2 is 2.00 bits per heavy atom. The lowest BCUT2D eigenvalue weighted by atomic mass is 10.4. The van der Waals surface area contributed by atoms with Gasteiger partial charge in [0.15, 0.2) is 0 Å². The summed E-state index contributed by atoms with van der Waals surface area (Å²) in [6.07, 6.45) is 0. The van der Waals surface area contributed by atoms with E-state index in [0.717, 1.165) is 5.75 Å². The summed E-state index contributed by atoms with van der Waals surface area (Å²) in [6.45, 7) is 5.35. The van der Waals surface area contributed by atoms with Gasteiger partial charge in [0, 0.05) is 22.4 Å². The number of hydrogen-bond acceptors (Lipinski definition) is 2. The third-order valence-corrected chi connectivity index (χ3v) is 2.51. The first-order valence-corrected chi connectivity index (χ1v) is 4.64. The first-order valence-electron chi connectivity index (χ1n) is 3.25. The smallest absolute Gasteiger partial charge is 0.0299 e. The van der Waals surface area contributed by atoms with Crippen LogP contribution in [-0.4, -0.2) is 10.6 Å². The minimum atomic E-state index is 0.554. The highest BCUT2D eigenvalue weighted by atomic mass is 32.2. The molecule has 0 saturated carbocycles. The predicted molar refractivity (Wildman–Crippen MR) is 54.1 cm³/mol. The largest absolute Gasteiger partial charge is 0.121 e. The van der Waals surface area contributed by atoms with Crippen molar-refractivity contribution < 1.29 is 0 Å². The van der Waals surface area contributed by atoms with Gasteiger partial charge in [-0.2, -0.15) is 0 Å². The zero-order valence-corrected chi connectivity index (χ0v) is 7.62. The highest BCUT2D eigenvalue weighted by molar-refractivity contribution is 8.01. The lowest BCUT2D eigenvalue weighted by molar-refractivity contribution is 1.47. The number of benzene rings is 1. The Kier molecular flexibility index (Phi) is 3.60. The predicted octanol–water partition coefficient (Wildman–Crippen LogP) is 2.86. The van der Waals surface area contributed by atoms with Gasteiger partial charge >= 0.3 is 0 Å². The van der Waals surface area contributed by atoms with Crippen LogP contribution in [0.3, 0.4) is 0 Å². The zero-order chi connectivity index (χ0) is 8.10. The maximum atomic E-state index is 5.35. The van der Waals surface area contributed by atoms with Gasteiger partial charge in [-0.15, -0.1) is 11.8 Å². The van der Waals surface area contributed by atoms with Crippen molar-refractivity contribution >= 4 is 28.8 Å². The standard InChI is InChI=1S/C9H8S2/c1-8(10)7-11-9-5-3-2-4-6-9/h1-6H,7H2. The van der Waals surface area contributed by atoms with Crippen molar-refractivity contribution in [2.75, 3.05) is 5.75 Å². The van der Waals surface area contributed by atoms with Crippen LogP contribution in [0.4, 0.5) is 0 Å². The lowest BCUT2D eigenvalue weighted by Crippen LogP contribution is -1.89. The molecule has 0 bridgehead atoms. The van der Waals surface area contributed by atoms with Crippen molar-refractivity contribution in [1.29, 1.82) is 0 Å². The van der Waals surface area contributed by atoms with Crippen LogP contribution in [0.2, 0.25) is 0 Å². The summed E-state index contributed by atoms with van der Waals surface area (Å²) in [7, 11) is 0. The molecule has 0 nitrogen and oxygen atoms in total. The number of hydrogen-bond donors (Lipinski definition) is 0. The maximum Gasteiger partial charge on any atom is 0.0299 e. The summed E-state index contributed by atoms with van der Waals surface area (Å²) in [4.78, 5) is 1.76. The molecule has 0 N–H and O–H groups in total. The zero-order valence-electron chi connectivity index (χ0n) is 5.99. The molecule has 1 rings (SSSR count). The molecule has 0 aromatic heterocycles. The fraction of sp³-hybridized carbons (Fsp3) is 0.111. The molecule has 0 spiro atoms. The molecule has 0 aliphatic carbocycles. The Hall–Kier alpha value is -0.340. The highest BCUT2D eigenvalue weighted by Gasteiger charge is 1.92. The van der Waals surface area contributed by atoms with E-state index in [-0.39, 0.29) is 0 Å². The van der Waals surface area contributed by atoms with Crippen LogP contribution in [-0.2, 0) is 0 Å². The van der Waals surface area contributed by atoms with E-state index in [0.29, 0.717) is 4.86 Å². The van der Waals surface area contributed by atoms with Crippen molar-refractivity contribution in [2.24, 2.45) is 0 Å². The molecule has 11 heavy (non-hydrogen) atoms. The molecule has 2 radical (unpaired) electrons. The van der Waals surface area contributed by atoms with Crippen LogP contribution >= 0.6 is 24.0 Å². The molecule has 2 heteroatoms. The quantitative estimate of drug-likeness (QED) is 0.518. The van der Waals surface area contributed by atoms with Crippen LogP contribution in [0.25, 0.3) is 0 Å². The average molecular weight is 180 g/mol. The van der Waals surface area contributed by atoms with Crippen molar-refractivity contribution in [3.63, 3.8) is 0 Å². The lowest BCUT2D eigenvalue weighted by Gasteiger charge is -1.97. The molecule has 1 aromatic carbocycles. The minimum absolute atomic E-state index is 0.554. The van der Waals surface area contributed by atoms with E-state index in [1.54, 1.807) is 11.8 Å². The fourth-order valence-electron chi connectivity index (χ4n) is 0.671. The monoisotopic (exact) mass is 180 g/mol. The van der Waals surface area contributed by atoms with Gasteiger partial charge in [-0.1, -0.05) is 30.4 Å². The Morgan fingerprint density at radius 1 is 1.36 bits per heavy atom. The van der Waals surface area contributed by atoms with E-state index in [2.05, 4.69) is 0 Å². The third-order valence-electron chi connectivity index (χ3n) is 1.12. The molecule has 1 aromatic rings. The van der Waals surface area contributed by atoms with E-state index < -0.39 is 0 Å². The van der Waals surface area contributed by atoms with Crippen LogP contribution in [0.15, 0.2) is 35.2 Å². The van der Waals surface area contributed by atoms with Crippen LogP contribution in [0.1, 0.15) is 0 Å². The average Bonchev–Trinajstić information content (AvgIpc) is 2.03. The van der Waals surface area contributed by atoms with Gasteiger partial charge in [-0.05, 0) is 12.1 Å². The highest BCUT2D eigenvalue weighted by Crippen LogP contribution is 2.16. The van der Waals surface area contributed by atoms with E-state index in [9.17, 15) is 0 Å². The van der Waals surface area contributed by atoms with E-state index >= 15 is 0 Å². The molecule has 0 aliphatic heterocycles. The van der Waals surface area contributed by atoms with Crippen LogP contribution in [0.5, 0.6) is 0 Å². The first kappa shape index (κ1) is 8.75. The van der Waals surface area contributed by atoms with Gasteiger partial charge in [0.05, 0.1) is 0 Å². The Labute approximate surface area is 77.0 Å². The van der Waals surface area contributed by atoms with Gasteiger partial charge in [0.25, 0.3) is 0 Å². The van der Waals surface area contributed by atoms with Crippen molar-refractivity contribution in [3.8, 4) is 0 Å². The van der Waals surface area contributed by atoms with E-state index in [4.69, 9.17) is 19.1 Å². The normalized spacial score (nSPS) is 9.55. The van der Waals surface area contributed by atoms with Gasteiger partial charge < -0.3 is 0 Å². The maximum absolute atomic E-state index is 5.35. The molecule has 0 aliphatic rings. The summed E-state index contributed by atoms with van der Waals surface area (Å²) in [5.41, 5.74) is 0. The van der Waals surface area contributed by atoms with E-state index in [1.165, 1.54) is 4.90 Å². The Bertz CT molecular complexity index is 229. The fourth-order valence-corrected chi connectivity index (χ4v) is 1.51. The third kappa shape index (κ3) is 3.54. The van der Waals surface area contributed by atoms with E-state index in [1.807, 2.05) is 30.3 Å². The second kappa shape index (κ2) is 4.52. The second-order valence-corrected chi connectivity index (χ2v) is 3.64. The van der Waals surface area contributed by atoms with Gasteiger partial charge in [0.1, 0.15) is 0 Å². The molecule has 0 fully saturated rings. The summed E-state index contributed by atoms with van der Waals surface area (Å²) >= 11 is 6.41. The summed E-state index contributed by atoms with van der Waals surface area (Å²) in [5.74, 6) is 0.722. The number of thioether (sulfide) groups is 1. The second-order valence-electron chi connectivity index (χ2n) is 2.07. The molecular weight excluding hydrogens is 172 g/mol. The Balaban J connectivity index is 2.45. The van der Waals surface area contributed by atoms with Gasteiger partial charge in [0.2, 0.25) is 0 Å². The number of rotatable bonds is 3. The molecule has 0 atom stereocenters. The van der Waals surface area contributed by atoms with Gasteiger partial charge in [-0.25, -0.2) is 0 Å². The molecule has 0 heterocycles. The molecule has 56 valence electrons. The summed E-state index contributed by atoms with van der Waals surface area (Å²) in [6, 6.07) is 10.1. The first-order chi connectivity index (χ1) is 5.29. The minimum Gasteiger partial charge on any atom is -0.121 e.